The number of phenols is 2. The Labute approximate surface area is 115 Å². The van der Waals surface area contributed by atoms with Crippen molar-refractivity contribution in [2.45, 2.75) is 20.8 Å². The van der Waals surface area contributed by atoms with Crippen molar-refractivity contribution in [1.29, 1.82) is 0 Å². The van der Waals surface area contributed by atoms with Crippen molar-refractivity contribution in [3.63, 3.8) is 0 Å². The van der Waals surface area contributed by atoms with Crippen LogP contribution in [0.25, 0.3) is 21.7 Å². The standard InChI is InChI=1S/C14H10O4.C2H6/c1-7-11(16)5-4-10-9-3-2-8(15)6-12(9)18-14(17)13(7)10;1-2/h2-6,15-16H,1H3;1-2H3. The van der Waals surface area contributed by atoms with Gasteiger partial charge in [-0.25, -0.2) is 4.79 Å². The summed E-state index contributed by atoms with van der Waals surface area (Å²) in [4.78, 5) is 11.9. The van der Waals surface area contributed by atoms with Crippen LogP contribution in [0.4, 0.5) is 0 Å². The molecule has 0 aliphatic rings. The van der Waals surface area contributed by atoms with Gasteiger partial charge in [-0.1, -0.05) is 13.8 Å². The molecule has 0 saturated heterocycles. The van der Waals surface area contributed by atoms with Gasteiger partial charge in [-0.3, -0.25) is 0 Å². The molecule has 0 saturated carbocycles. The van der Waals surface area contributed by atoms with Gasteiger partial charge in [-0.2, -0.15) is 0 Å². The number of hydrogen-bond acceptors (Lipinski definition) is 4. The van der Waals surface area contributed by atoms with Gasteiger partial charge in [-0.05, 0) is 31.2 Å². The van der Waals surface area contributed by atoms with Gasteiger partial charge in [-0.15, -0.1) is 0 Å². The zero-order valence-corrected chi connectivity index (χ0v) is 11.6. The van der Waals surface area contributed by atoms with E-state index in [4.69, 9.17) is 4.42 Å². The summed E-state index contributed by atoms with van der Waals surface area (Å²) in [5.74, 6) is 0.105. The lowest BCUT2D eigenvalue weighted by molar-refractivity contribution is 0.470. The predicted molar refractivity (Wildman–Crippen MR) is 79.4 cm³/mol. The molecule has 1 aromatic heterocycles. The highest BCUT2D eigenvalue weighted by Crippen LogP contribution is 2.30. The van der Waals surface area contributed by atoms with Crippen LogP contribution in [0.15, 0.2) is 39.5 Å². The van der Waals surface area contributed by atoms with Gasteiger partial charge in [0.15, 0.2) is 0 Å². The Balaban J connectivity index is 0.000000704. The molecule has 1 heterocycles. The first-order valence-electron chi connectivity index (χ1n) is 6.46. The van der Waals surface area contributed by atoms with E-state index in [9.17, 15) is 15.0 Å². The number of aryl methyl sites for hydroxylation is 1. The summed E-state index contributed by atoms with van der Waals surface area (Å²) in [6.07, 6.45) is 0. The molecule has 0 amide bonds. The van der Waals surface area contributed by atoms with Crippen LogP contribution >= 0.6 is 0 Å². The summed E-state index contributed by atoms with van der Waals surface area (Å²) < 4.78 is 5.16. The van der Waals surface area contributed by atoms with Gasteiger partial charge in [0.05, 0.1) is 5.39 Å². The highest BCUT2D eigenvalue weighted by atomic mass is 16.4. The number of hydrogen-bond donors (Lipinski definition) is 2. The van der Waals surface area contributed by atoms with Crippen LogP contribution in [0.5, 0.6) is 11.5 Å². The molecule has 4 heteroatoms. The van der Waals surface area contributed by atoms with Crippen molar-refractivity contribution in [3.05, 3.63) is 46.3 Å². The Morgan fingerprint density at radius 1 is 1.00 bits per heavy atom. The molecule has 0 radical (unpaired) electrons. The molecule has 104 valence electrons. The zero-order chi connectivity index (χ0) is 14.9. The lowest BCUT2D eigenvalue weighted by atomic mass is 10.0. The molecule has 0 aliphatic carbocycles. The third-order valence-electron chi connectivity index (χ3n) is 3.10. The van der Waals surface area contributed by atoms with Crippen LogP contribution in [0, 0.1) is 6.92 Å². The lowest BCUT2D eigenvalue weighted by Crippen LogP contribution is -2.01. The average molecular weight is 272 g/mol. The van der Waals surface area contributed by atoms with E-state index >= 15 is 0 Å². The summed E-state index contributed by atoms with van der Waals surface area (Å²) >= 11 is 0. The molecular weight excluding hydrogens is 256 g/mol. The van der Waals surface area contributed by atoms with Crippen molar-refractivity contribution in [2.75, 3.05) is 0 Å². The molecule has 2 aromatic carbocycles. The number of aromatic hydroxyl groups is 2. The van der Waals surface area contributed by atoms with Crippen LogP contribution < -0.4 is 5.63 Å². The summed E-state index contributed by atoms with van der Waals surface area (Å²) in [5.41, 5.74) is 0.310. The minimum atomic E-state index is -0.517. The van der Waals surface area contributed by atoms with Gasteiger partial charge in [0.1, 0.15) is 17.1 Å². The Morgan fingerprint density at radius 2 is 1.65 bits per heavy atom. The van der Waals surface area contributed by atoms with E-state index in [2.05, 4.69) is 0 Å². The van der Waals surface area contributed by atoms with E-state index in [1.807, 2.05) is 13.8 Å². The van der Waals surface area contributed by atoms with Crippen LogP contribution in [-0.4, -0.2) is 10.2 Å². The normalized spacial score (nSPS) is 10.3. The second-order valence-corrected chi connectivity index (χ2v) is 4.20. The fourth-order valence-corrected chi connectivity index (χ4v) is 2.16. The van der Waals surface area contributed by atoms with Gasteiger partial charge in [0, 0.05) is 22.4 Å². The first kappa shape index (κ1) is 13.9. The third kappa shape index (κ3) is 2.09. The molecular formula is C16H16O4. The molecule has 0 atom stereocenters. The van der Waals surface area contributed by atoms with Crippen LogP contribution in [0.1, 0.15) is 19.4 Å². The van der Waals surface area contributed by atoms with Crippen LogP contribution in [0.3, 0.4) is 0 Å². The van der Waals surface area contributed by atoms with Crippen LogP contribution in [0.2, 0.25) is 0 Å². The molecule has 3 rings (SSSR count). The van der Waals surface area contributed by atoms with Gasteiger partial charge >= 0.3 is 5.63 Å². The first-order chi connectivity index (χ1) is 9.58. The zero-order valence-electron chi connectivity index (χ0n) is 11.6. The van der Waals surface area contributed by atoms with Gasteiger partial charge in [0.25, 0.3) is 0 Å². The minimum absolute atomic E-state index is 0.0421. The highest BCUT2D eigenvalue weighted by Gasteiger charge is 2.12. The fraction of sp³-hybridized carbons (Fsp3) is 0.188. The van der Waals surface area contributed by atoms with Crippen molar-refractivity contribution >= 4 is 21.7 Å². The lowest BCUT2D eigenvalue weighted by Gasteiger charge is -2.06. The summed E-state index contributed by atoms with van der Waals surface area (Å²) in [6.45, 7) is 5.67. The number of fused-ring (bicyclic) bond motifs is 3. The largest absolute Gasteiger partial charge is 0.508 e. The molecule has 0 unspecified atom stereocenters. The number of rotatable bonds is 0. The maximum Gasteiger partial charge on any atom is 0.344 e. The number of benzene rings is 2. The van der Waals surface area contributed by atoms with Crippen molar-refractivity contribution in [2.24, 2.45) is 0 Å². The minimum Gasteiger partial charge on any atom is -0.508 e. The summed E-state index contributed by atoms with van der Waals surface area (Å²) in [5, 5.41) is 20.8. The summed E-state index contributed by atoms with van der Waals surface area (Å²) in [7, 11) is 0. The monoisotopic (exact) mass is 272 g/mol. The Bertz CT molecular complexity index is 831. The maximum absolute atomic E-state index is 11.9. The van der Waals surface area contributed by atoms with E-state index < -0.39 is 5.63 Å². The Kier molecular flexibility index (Phi) is 3.66. The Hall–Kier alpha value is -2.49. The molecule has 3 aromatic rings. The average Bonchev–Trinajstić information content (AvgIpc) is 2.44. The molecule has 0 spiro atoms. The van der Waals surface area contributed by atoms with Crippen molar-refractivity contribution in [3.8, 4) is 11.5 Å². The number of phenolic OH excluding ortho intramolecular Hbond substituents is 2. The van der Waals surface area contributed by atoms with E-state index in [1.165, 1.54) is 12.1 Å². The second-order valence-electron chi connectivity index (χ2n) is 4.20. The van der Waals surface area contributed by atoms with E-state index in [1.54, 1.807) is 25.1 Å². The predicted octanol–water partition coefficient (Wildman–Crippen LogP) is 3.69. The van der Waals surface area contributed by atoms with Crippen molar-refractivity contribution in [1.82, 2.24) is 0 Å². The molecule has 4 nitrogen and oxygen atoms in total. The first-order valence-corrected chi connectivity index (χ1v) is 6.46. The SMILES string of the molecule is CC.Cc1c(O)ccc2c1c(=O)oc1cc(O)ccc12. The Morgan fingerprint density at radius 3 is 2.35 bits per heavy atom. The summed E-state index contributed by atoms with van der Waals surface area (Å²) in [6, 6.07) is 7.84. The smallest absolute Gasteiger partial charge is 0.344 e. The van der Waals surface area contributed by atoms with E-state index in [0.29, 0.717) is 21.9 Å². The molecule has 2 N–H and O–H groups in total. The molecule has 0 aliphatic heterocycles. The quantitative estimate of drug-likeness (QED) is 0.483. The van der Waals surface area contributed by atoms with E-state index in [0.717, 1.165) is 5.39 Å². The molecule has 20 heavy (non-hydrogen) atoms. The topological polar surface area (TPSA) is 70.7 Å². The van der Waals surface area contributed by atoms with Gasteiger partial charge in [0.2, 0.25) is 0 Å². The van der Waals surface area contributed by atoms with Crippen LogP contribution in [-0.2, 0) is 0 Å². The highest BCUT2D eigenvalue weighted by molar-refractivity contribution is 6.06. The van der Waals surface area contributed by atoms with E-state index in [-0.39, 0.29) is 11.5 Å². The van der Waals surface area contributed by atoms with Gasteiger partial charge < -0.3 is 14.6 Å². The molecule has 0 bridgehead atoms. The molecule has 0 fully saturated rings. The maximum atomic E-state index is 11.9. The third-order valence-corrected chi connectivity index (χ3v) is 3.10. The van der Waals surface area contributed by atoms with Crippen molar-refractivity contribution < 1.29 is 14.6 Å². The second kappa shape index (κ2) is 5.25. The fourth-order valence-electron chi connectivity index (χ4n) is 2.16.